The van der Waals surface area contributed by atoms with Gasteiger partial charge in [-0.3, -0.25) is 0 Å². The van der Waals surface area contributed by atoms with Gasteiger partial charge in [-0.05, 0) is 55.8 Å². The van der Waals surface area contributed by atoms with Gasteiger partial charge in [0.2, 0.25) is 0 Å². The van der Waals surface area contributed by atoms with Gasteiger partial charge in [0.05, 0.1) is 6.10 Å². The molecule has 118 valence electrons. The molecule has 0 aromatic heterocycles. The van der Waals surface area contributed by atoms with Crippen molar-refractivity contribution >= 4 is 0 Å². The lowest BCUT2D eigenvalue weighted by Crippen LogP contribution is -2.39. The number of fused-ring (bicyclic) bond motifs is 5. The molecule has 0 aromatic carbocycles. The Morgan fingerprint density at radius 1 is 1.10 bits per heavy atom. The Hall–Kier alpha value is -0.0800. The lowest BCUT2D eigenvalue weighted by molar-refractivity contribution is -0.207. The first-order valence-corrected chi connectivity index (χ1v) is 8.86. The highest BCUT2D eigenvalue weighted by molar-refractivity contribution is 5.03. The Balaban J connectivity index is 0.000000704. The standard InChI is InChI=1S/C16H28O2.C2H6/c1-4-16(2,3)15(17)18-14-9-10-8-13(14)12-7-5-6-11(10)12;1-2/h10-15,17H,4-9H2,1-3H3;1-2H3. The molecule has 0 spiro atoms. The zero-order chi connectivity index (χ0) is 14.9. The summed E-state index contributed by atoms with van der Waals surface area (Å²) in [6.45, 7) is 10.3. The van der Waals surface area contributed by atoms with Crippen molar-refractivity contribution in [3.8, 4) is 0 Å². The summed E-state index contributed by atoms with van der Waals surface area (Å²) in [5.74, 6) is 3.59. The Kier molecular flexibility index (Phi) is 5.18. The van der Waals surface area contributed by atoms with Crippen LogP contribution in [0.4, 0.5) is 0 Å². The van der Waals surface area contributed by atoms with Crippen molar-refractivity contribution in [1.29, 1.82) is 0 Å². The SMILES string of the molecule is CC.CCC(C)(C)C(O)OC1CC2CC1C1CCCC21. The van der Waals surface area contributed by atoms with E-state index in [1.165, 1.54) is 32.1 Å². The van der Waals surface area contributed by atoms with Gasteiger partial charge in [-0.2, -0.15) is 0 Å². The van der Waals surface area contributed by atoms with Gasteiger partial charge in [0.25, 0.3) is 0 Å². The molecule has 20 heavy (non-hydrogen) atoms. The lowest BCUT2D eigenvalue weighted by atomic mass is 9.80. The van der Waals surface area contributed by atoms with Crippen molar-refractivity contribution in [3.05, 3.63) is 0 Å². The maximum Gasteiger partial charge on any atom is 0.159 e. The van der Waals surface area contributed by atoms with Crippen LogP contribution in [0.1, 0.15) is 73.1 Å². The maximum atomic E-state index is 10.3. The highest BCUT2D eigenvalue weighted by atomic mass is 16.6. The minimum absolute atomic E-state index is 0.114. The molecule has 0 amide bonds. The molecule has 0 aliphatic heterocycles. The molecule has 3 saturated carbocycles. The van der Waals surface area contributed by atoms with Crippen molar-refractivity contribution < 1.29 is 9.84 Å². The average molecular weight is 282 g/mol. The molecule has 1 N–H and O–H groups in total. The summed E-state index contributed by atoms with van der Waals surface area (Å²) in [6, 6.07) is 0. The first-order chi connectivity index (χ1) is 9.53. The summed E-state index contributed by atoms with van der Waals surface area (Å²) < 4.78 is 6.06. The van der Waals surface area contributed by atoms with Crippen LogP contribution in [0.15, 0.2) is 0 Å². The summed E-state index contributed by atoms with van der Waals surface area (Å²) in [7, 11) is 0. The van der Waals surface area contributed by atoms with E-state index in [0.29, 0.717) is 6.10 Å². The molecule has 2 heteroatoms. The zero-order valence-electron chi connectivity index (χ0n) is 14.1. The second-order valence-electron chi connectivity index (χ2n) is 7.52. The van der Waals surface area contributed by atoms with Crippen LogP contribution < -0.4 is 0 Å². The number of aliphatic hydroxyl groups is 1. The highest BCUT2D eigenvalue weighted by Gasteiger charge is 2.54. The summed E-state index contributed by atoms with van der Waals surface area (Å²) in [5, 5.41) is 10.3. The van der Waals surface area contributed by atoms with Gasteiger partial charge in [-0.25, -0.2) is 0 Å². The fourth-order valence-corrected chi connectivity index (χ4v) is 4.69. The third-order valence-electron chi connectivity index (χ3n) is 6.25. The normalized spacial score (nSPS) is 40.2. The molecule has 6 unspecified atom stereocenters. The van der Waals surface area contributed by atoms with Crippen molar-refractivity contribution in [2.45, 2.75) is 85.5 Å². The molecule has 0 saturated heterocycles. The molecule has 0 radical (unpaired) electrons. The van der Waals surface area contributed by atoms with Crippen LogP contribution in [0.25, 0.3) is 0 Å². The van der Waals surface area contributed by atoms with E-state index in [4.69, 9.17) is 4.74 Å². The van der Waals surface area contributed by atoms with Crippen molar-refractivity contribution in [2.75, 3.05) is 0 Å². The van der Waals surface area contributed by atoms with Crippen LogP contribution in [0, 0.1) is 29.1 Å². The largest absolute Gasteiger partial charge is 0.367 e. The third kappa shape index (κ3) is 2.78. The fourth-order valence-electron chi connectivity index (χ4n) is 4.69. The van der Waals surface area contributed by atoms with E-state index in [-0.39, 0.29) is 5.41 Å². The van der Waals surface area contributed by atoms with E-state index in [2.05, 4.69) is 20.8 Å². The van der Waals surface area contributed by atoms with E-state index in [1.807, 2.05) is 13.8 Å². The second kappa shape index (κ2) is 6.36. The third-order valence-corrected chi connectivity index (χ3v) is 6.25. The van der Waals surface area contributed by atoms with Gasteiger partial charge in [0.15, 0.2) is 6.29 Å². The molecule has 6 atom stereocenters. The second-order valence-corrected chi connectivity index (χ2v) is 7.52. The number of rotatable bonds is 4. The Bertz CT molecular complexity index is 313. The van der Waals surface area contributed by atoms with Gasteiger partial charge in [-0.15, -0.1) is 0 Å². The topological polar surface area (TPSA) is 29.5 Å². The van der Waals surface area contributed by atoms with E-state index in [9.17, 15) is 5.11 Å². The van der Waals surface area contributed by atoms with Crippen LogP contribution >= 0.6 is 0 Å². The van der Waals surface area contributed by atoms with E-state index >= 15 is 0 Å². The zero-order valence-corrected chi connectivity index (χ0v) is 14.1. The average Bonchev–Trinajstić information content (AvgIpc) is 3.12. The smallest absolute Gasteiger partial charge is 0.159 e. The van der Waals surface area contributed by atoms with Crippen LogP contribution in [0.5, 0.6) is 0 Å². The quantitative estimate of drug-likeness (QED) is 0.763. The van der Waals surface area contributed by atoms with Crippen molar-refractivity contribution in [3.63, 3.8) is 0 Å². The predicted molar refractivity (Wildman–Crippen MR) is 83.3 cm³/mol. The summed E-state index contributed by atoms with van der Waals surface area (Å²) in [6.07, 6.45) is 7.60. The molecule has 3 aliphatic carbocycles. The van der Waals surface area contributed by atoms with Crippen LogP contribution in [-0.4, -0.2) is 17.5 Å². The van der Waals surface area contributed by atoms with Gasteiger partial charge in [0.1, 0.15) is 0 Å². The van der Waals surface area contributed by atoms with Gasteiger partial charge < -0.3 is 9.84 Å². The Morgan fingerprint density at radius 3 is 2.40 bits per heavy atom. The lowest BCUT2D eigenvalue weighted by Gasteiger charge is -2.37. The predicted octanol–water partition coefficient (Wildman–Crippen LogP) is 4.61. The number of aliphatic hydroxyl groups excluding tert-OH is 1. The first-order valence-electron chi connectivity index (χ1n) is 8.86. The molecule has 2 nitrogen and oxygen atoms in total. The summed E-state index contributed by atoms with van der Waals surface area (Å²) in [5.41, 5.74) is -0.114. The van der Waals surface area contributed by atoms with Crippen molar-refractivity contribution in [1.82, 2.24) is 0 Å². The minimum Gasteiger partial charge on any atom is -0.367 e. The molecule has 3 fully saturated rings. The van der Waals surface area contributed by atoms with Crippen LogP contribution in [-0.2, 0) is 4.74 Å². The van der Waals surface area contributed by atoms with Gasteiger partial charge in [0, 0.05) is 5.41 Å². The van der Waals surface area contributed by atoms with Crippen LogP contribution in [0.2, 0.25) is 0 Å². The molecule has 2 bridgehead atoms. The molecule has 3 aliphatic rings. The summed E-state index contributed by atoms with van der Waals surface area (Å²) in [4.78, 5) is 0. The van der Waals surface area contributed by atoms with E-state index in [1.54, 1.807) is 0 Å². The van der Waals surface area contributed by atoms with E-state index < -0.39 is 6.29 Å². The Morgan fingerprint density at radius 2 is 1.75 bits per heavy atom. The molecular weight excluding hydrogens is 248 g/mol. The van der Waals surface area contributed by atoms with Gasteiger partial charge >= 0.3 is 0 Å². The first kappa shape index (κ1) is 16.3. The monoisotopic (exact) mass is 282 g/mol. The number of hydrogen-bond donors (Lipinski definition) is 1. The minimum atomic E-state index is -0.591. The van der Waals surface area contributed by atoms with Gasteiger partial charge in [-0.1, -0.05) is 41.0 Å². The molecule has 3 rings (SSSR count). The Labute approximate surface area is 125 Å². The molecule has 0 heterocycles. The van der Waals surface area contributed by atoms with E-state index in [0.717, 1.165) is 30.1 Å². The number of hydrogen-bond acceptors (Lipinski definition) is 2. The maximum absolute atomic E-state index is 10.3. The highest BCUT2D eigenvalue weighted by Crippen LogP contribution is 2.59. The summed E-state index contributed by atoms with van der Waals surface area (Å²) >= 11 is 0. The molecular formula is C18H34O2. The molecule has 0 aromatic rings. The van der Waals surface area contributed by atoms with Crippen LogP contribution in [0.3, 0.4) is 0 Å². The number of ether oxygens (including phenoxy) is 1. The van der Waals surface area contributed by atoms with Crippen molar-refractivity contribution in [2.24, 2.45) is 29.1 Å². The fraction of sp³-hybridized carbons (Fsp3) is 1.00.